The first kappa shape index (κ1) is 13.3. The minimum atomic E-state index is 0.0899. The Balaban J connectivity index is 1.65. The predicted octanol–water partition coefficient (Wildman–Crippen LogP) is 2.01. The van der Waals surface area contributed by atoms with Gasteiger partial charge in [0.1, 0.15) is 5.82 Å². The number of nitrogens with zero attached hydrogens (tertiary/aromatic N) is 1. The van der Waals surface area contributed by atoms with Crippen LogP contribution >= 0.6 is 0 Å². The first-order valence-corrected chi connectivity index (χ1v) is 6.54. The highest BCUT2D eigenvalue weighted by atomic mass is 16.1. The van der Waals surface area contributed by atoms with Crippen molar-refractivity contribution in [1.82, 2.24) is 15.3 Å². The number of aryl methyl sites for hydroxylation is 2. The maximum atomic E-state index is 11.7. The van der Waals surface area contributed by atoms with Crippen LogP contribution in [0.3, 0.4) is 0 Å². The maximum absolute atomic E-state index is 11.7. The Labute approximate surface area is 113 Å². The normalized spacial score (nSPS) is 10.4. The van der Waals surface area contributed by atoms with E-state index in [1.54, 1.807) is 12.4 Å². The second kappa shape index (κ2) is 6.73. The summed E-state index contributed by atoms with van der Waals surface area (Å²) in [6.07, 6.45) is 5.56. The van der Waals surface area contributed by atoms with Gasteiger partial charge in [-0.05, 0) is 18.9 Å². The largest absolute Gasteiger partial charge is 0.356 e. The molecule has 0 atom stereocenters. The Bertz CT molecular complexity index is 503. The summed E-state index contributed by atoms with van der Waals surface area (Å²) in [5, 5.41) is 2.90. The van der Waals surface area contributed by atoms with Gasteiger partial charge in [0.05, 0.1) is 0 Å². The molecule has 19 heavy (non-hydrogen) atoms. The number of amides is 1. The van der Waals surface area contributed by atoms with Crippen LogP contribution in [-0.4, -0.2) is 22.4 Å². The van der Waals surface area contributed by atoms with Crippen molar-refractivity contribution in [2.24, 2.45) is 0 Å². The highest BCUT2D eigenvalue weighted by Gasteiger charge is 2.02. The monoisotopic (exact) mass is 257 g/mol. The van der Waals surface area contributed by atoms with Crippen LogP contribution in [0.1, 0.15) is 23.4 Å². The molecule has 0 fully saturated rings. The molecule has 1 aromatic carbocycles. The van der Waals surface area contributed by atoms with E-state index >= 15 is 0 Å². The fourth-order valence-corrected chi connectivity index (χ4v) is 1.86. The zero-order valence-corrected chi connectivity index (χ0v) is 11.1. The second-order valence-electron chi connectivity index (χ2n) is 4.62. The molecule has 1 amide bonds. The molecular formula is C15H19N3O. The van der Waals surface area contributed by atoms with Gasteiger partial charge in [-0.2, -0.15) is 0 Å². The lowest BCUT2D eigenvalue weighted by Crippen LogP contribution is -2.26. The van der Waals surface area contributed by atoms with Gasteiger partial charge in [-0.25, -0.2) is 4.98 Å². The smallest absolute Gasteiger partial charge is 0.220 e. The van der Waals surface area contributed by atoms with Crippen LogP contribution in [0, 0.1) is 6.92 Å². The molecule has 1 aromatic heterocycles. The number of hydrogen-bond acceptors (Lipinski definition) is 2. The lowest BCUT2D eigenvalue weighted by molar-refractivity contribution is -0.121. The van der Waals surface area contributed by atoms with Crippen molar-refractivity contribution in [3.05, 3.63) is 53.6 Å². The van der Waals surface area contributed by atoms with Gasteiger partial charge in [0, 0.05) is 31.8 Å². The zero-order valence-electron chi connectivity index (χ0n) is 11.1. The third kappa shape index (κ3) is 4.58. The minimum Gasteiger partial charge on any atom is -0.356 e. The number of carbonyl (C=O) groups is 1. The highest BCUT2D eigenvalue weighted by molar-refractivity contribution is 5.76. The average Bonchev–Trinajstić information content (AvgIpc) is 2.91. The van der Waals surface area contributed by atoms with E-state index in [1.807, 2.05) is 0 Å². The van der Waals surface area contributed by atoms with Crippen molar-refractivity contribution in [3.8, 4) is 0 Å². The first-order valence-electron chi connectivity index (χ1n) is 6.54. The molecule has 2 N–H and O–H groups in total. The molecule has 0 spiro atoms. The molecular weight excluding hydrogens is 238 g/mol. The molecule has 0 aliphatic carbocycles. The van der Waals surface area contributed by atoms with Crippen molar-refractivity contribution in [2.75, 3.05) is 6.54 Å². The Morgan fingerprint density at radius 2 is 2.05 bits per heavy atom. The number of hydrogen-bond donors (Lipinski definition) is 2. The van der Waals surface area contributed by atoms with Gasteiger partial charge in [0.25, 0.3) is 0 Å². The molecule has 0 aliphatic heterocycles. The molecule has 2 aromatic rings. The predicted molar refractivity (Wildman–Crippen MR) is 74.8 cm³/mol. The van der Waals surface area contributed by atoms with E-state index in [2.05, 4.69) is 46.5 Å². The molecule has 0 saturated carbocycles. The maximum Gasteiger partial charge on any atom is 0.220 e. The van der Waals surface area contributed by atoms with E-state index in [-0.39, 0.29) is 5.91 Å². The van der Waals surface area contributed by atoms with E-state index in [1.165, 1.54) is 11.1 Å². The van der Waals surface area contributed by atoms with E-state index < -0.39 is 0 Å². The van der Waals surface area contributed by atoms with Gasteiger partial charge in [0.2, 0.25) is 5.91 Å². The van der Waals surface area contributed by atoms with Crippen LogP contribution in [-0.2, 0) is 17.6 Å². The number of aromatic nitrogens is 2. The summed E-state index contributed by atoms with van der Waals surface area (Å²) in [5.74, 6) is 0.992. The van der Waals surface area contributed by atoms with Crippen LogP contribution in [0.4, 0.5) is 0 Å². The SMILES string of the molecule is Cc1ccc(CCC(=O)NCCc2ncc[nH]2)cc1. The second-order valence-corrected chi connectivity index (χ2v) is 4.62. The van der Waals surface area contributed by atoms with Gasteiger partial charge in [-0.3, -0.25) is 4.79 Å². The lowest BCUT2D eigenvalue weighted by Gasteiger charge is -2.04. The van der Waals surface area contributed by atoms with Gasteiger partial charge < -0.3 is 10.3 Å². The fourth-order valence-electron chi connectivity index (χ4n) is 1.86. The lowest BCUT2D eigenvalue weighted by atomic mass is 10.1. The number of imidazole rings is 1. The number of carbonyl (C=O) groups excluding carboxylic acids is 1. The summed E-state index contributed by atoms with van der Waals surface area (Å²) >= 11 is 0. The Hall–Kier alpha value is -2.10. The molecule has 0 radical (unpaired) electrons. The number of aromatic amines is 1. The minimum absolute atomic E-state index is 0.0899. The van der Waals surface area contributed by atoms with Crippen molar-refractivity contribution in [1.29, 1.82) is 0 Å². The van der Waals surface area contributed by atoms with Crippen molar-refractivity contribution < 1.29 is 4.79 Å². The topological polar surface area (TPSA) is 57.8 Å². The van der Waals surface area contributed by atoms with E-state index in [0.29, 0.717) is 13.0 Å². The van der Waals surface area contributed by atoms with Crippen LogP contribution in [0.5, 0.6) is 0 Å². The van der Waals surface area contributed by atoms with Crippen LogP contribution in [0.15, 0.2) is 36.7 Å². The van der Waals surface area contributed by atoms with Crippen molar-refractivity contribution in [2.45, 2.75) is 26.2 Å². The molecule has 0 unspecified atom stereocenters. The Morgan fingerprint density at radius 3 is 2.74 bits per heavy atom. The third-order valence-electron chi connectivity index (χ3n) is 3.00. The number of nitrogens with one attached hydrogen (secondary N) is 2. The van der Waals surface area contributed by atoms with E-state index in [9.17, 15) is 4.79 Å². The summed E-state index contributed by atoms with van der Waals surface area (Å²) in [4.78, 5) is 18.8. The van der Waals surface area contributed by atoms with Crippen LogP contribution in [0.2, 0.25) is 0 Å². The Kier molecular flexibility index (Phi) is 4.72. The standard InChI is InChI=1S/C15H19N3O/c1-12-2-4-13(5-3-12)6-7-15(19)18-9-8-14-16-10-11-17-14/h2-5,10-11H,6-9H2,1H3,(H,16,17)(H,18,19). The quantitative estimate of drug-likeness (QED) is 0.831. The fraction of sp³-hybridized carbons (Fsp3) is 0.333. The summed E-state index contributed by atoms with van der Waals surface area (Å²) in [7, 11) is 0. The van der Waals surface area contributed by atoms with Crippen molar-refractivity contribution in [3.63, 3.8) is 0 Å². The summed E-state index contributed by atoms with van der Waals surface area (Å²) in [6, 6.07) is 8.30. The summed E-state index contributed by atoms with van der Waals surface area (Å²) in [5.41, 5.74) is 2.44. The highest BCUT2D eigenvalue weighted by Crippen LogP contribution is 2.05. The molecule has 4 nitrogen and oxygen atoms in total. The van der Waals surface area contributed by atoms with Crippen LogP contribution in [0.25, 0.3) is 0 Å². The van der Waals surface area contributed by atoms with Gasteiger partial charge in [0.15, 0.2) is 0 Å². The van der Waals surface area contributed by atoms with Crippen molar-refractivity contribution >= 4 is 5.91 Å². The van der Waals surface area contributed by atoms with Gasteiger partial charge in [-0.1, -0.05) is 29.8 Å². The van der Waals surface area contributed by atoms with Gasteiger partial charge >= 0.3 is 0 Å². The Morgan fingerprint density at radius 1 is 1.26 bits per heavy atom. The summed E-state index contributed by atoms with van der Waals surface area (Å²) in [6.45, 7) is 2.69. The number of benzene rings is 1. The molecule has 0 bridgehead atoms. The molecule has 100 valence electrons. The molecule has 1 heterocycles. The van der Waals surface area contributed by atoms with E-state index in [4.69, 9.17) is 0 Å². The molecule has 0 saturated heterocycles. The molecule has 2 rings (SSSR count). The van der Waals surface area contributed by atoms with E-state index in [0.717, 1.165) is 18.7 Å². The average molecular weight is 257 g/mol. The van der Waals surface area contributed by atoms with Gasteiger partial charge in [-0.15, -0.1) is 0 Å². The molecule has 0 aliphatic rings. The third-order valence-corrected chi connectivity index (χ3v) is 3.00. The summed E-state index contributed by atoms with van der Waals surface area (Å²) < 4.78 is 0. The number of rotatable bonds is 6. The van der Waals surface area contributed by atoms with Crippen LogP contribution < -0.4 is 5.32 Å². The molecule has 4 heteroatoms. The number of H-pyrrole nitrogens is 1. The zero-order chi connectivity index (χ0) is 13.5. The first-order chi connectivity index (χ1) is 9.24.